The minimum Gasteiger partial charge on any atom is -0.491 e. The lowest BCUT2D eigenvalue weighted by Crippen LogP contribution is -2.27. The minimum absolute atomic E-state index is 0.0731. The molecule has 0 aliphatic rings. The molecular weight excluding hydrogens is 378 g/mol. The maximum atomic E-state index is 12.8. The first-order chi connectivity index (χ1) is 13.1. The molecule has 7 nitrogen and oxygen atoms in total. The van der Waals surface area contributed by atoms with Gasteiger partial charge in [-0.2, -0.15) is 5.26 Å². The van der Waals surface area contributed by atoms with Crippen LogP contribution in [0.25, 0.3) is 10.9 Å². The van der Waals surface area contributed by atoms with Crippen molar-refractivity contribution in [2.75, 3.05) is 11.3 Å². The number of rotatable bonds is 6. The summed E-state index contributed by atoms with van der Waals surface area (Å²) in [7, 11) is -3.83. The second-order valence-electron chi connectivity index (χ2n) is 7.17. The number of aliphatic hydroxyl groups is 1. The number of hydrogen-bond acceptors (Lipinski definition) is 5. The number of fused-ring (bicyclic) bond motifs is 1. The summed E-state index contributed by atoms with van der Waals surface area (Å²) in [5.74, 6) is 0.460. The molecule has 146 valence electrons. The van der Waals surface area contributed by atoms with Crippen molar-refractivity contribution >= 4 is 26.6 Å². The van der Waals surface area contributed by atoms with E-state index in [2.05, 4.69) is 15.8 Å². The van der Waals surface area contributed by atoms with Crippen molar-refractivity contribution in [1.82, 2.24) is 4.98 Å². The molecular formula is C20H21N3O4S. The van der Waals surface area contributed by atoms with E-state index < -0.39 is 15.6 Å². The van der Waals surface area contributed by atoms with Crippen LogP contribution in [0.15, 0.2) is 47.5 Å². The SMILES string of the molecule is Cc1ccc(NS(=O)(=O)c2ccc(OCC(C)(C)O)cc2)c2[nH]cc(C#N)c12. The lowest BCUT2D eigenvalue weighted by atomic mass is 10.1. The minimum atomic E-state index is -3.83. The molecule has 0 radical (unpaired) electrons. The van der Waals surface area contributed by atoms with Crippen LogP contribution in [0.5, 0.6) is 5.75 Å². The Morgan fingerprint density at radius 1 is 1.21 bits per heavy atom. The molecule has 28 heavy (non-hydrogen) atoms. The number of nitrogens with zero attached hydrogens (tertiary/aromatic N) is 1. The number of hydrogen-bond donors (Lipinski definition) is 3. The van der Waals surface area contributed by atoms with E-state index in [4.69, 9.17) is 4.74 Å². The number of nitriles is 1. The summed E-state index contributed by atoms with van der Waals surface area (Å²) in [4.78, 5) is 3.04. The number of benzene rings is 2. The van der Waals surface area contributed by atoms with E-state index in [0.29, 0.717) is 27.9 Å². The number of sulfonamides is 1. The van der Waals surface area contributed by atoms with Crippen LogP contribution in [-0.4, -0.2) is 30.7 Å². The van der Waals surface area contributed by atoms with Crippen molar-refractivity contribution in [2.45, 2.75) is 31.3 Å². The van der Waals surface area contributed by atoms with E-state index in [9.17, 15) is 18.8 Å². The Kier molecular flexibility index (Phi) is 5.06. The molecule has 3 rings (SSSR count). The van der Waals surface area contributed by atoms with Gasteiger partial charge in [0.15, 0.2) is 0 Å². The molecule has 0 aliphatic heterocycles. The Bertz CT molecular complexity index is 1150. The molecule has 0 atom stereocenters. The van der Waals surface area contributed by atoms with Crippen LogP contribution in [0.4, 0.5) is 5.69 Å². The highest BCUT2D eigenvalue weighted by molar-refractivity contribution is 7.92. The molecule has 0 spiro atoms. The Morgan fingerprint density at radius 3 is 2.50 bits per heavy atom. The molecule has 0 saturated carbocycles. The van der Waals surface area contributed by atoms with Crippen LogP contribution in [0, 0.1) is 18.3 Å². The zero-order valence-electron chi connectivity index (χ0n) is 15.8. The summed E-state index contributed by atoms with van der Waals surface area (Å²) in [6.07, 6.45) is 1.56. The Morgan fingerprint density at radius 2 is 1.89 bits per heavy atom. The standard InChI is InChI=1S/C20H21N3O4S/c1-13-4-9-17(19-18(13)14(10-21)11-22-19)23-28(25,26)16-7-5-15(6-8-16)27-12-20(2,3)24/h4-9,11,22-24H,12H2,1-3H3. The quantitative estimate of drug-likeness (QED) is 0.588. The number of anilines is 1. The fourth-order valence-electron chi connectivity index (χ4n) is 2.77. The average Bonchev–Trinajstić information content (AvgIpc) is 3.07. The summed E-state index contributed by atoms with van der Waals surface area (Å²) in [6, 6.07) is 11.5. The smallest absolute Gasteiger partial charge is 0.261 e. The molecule has 0 amide bonds. The summed E-state index contributed by atoms with van der Waals surface area (Å²) < 4.78 is 33.5. The molecule has 1 heterocycles. The first-order valence-electron chi connectivity index (χ1n) is 8.59. The summed E-state index contributed by atoms with van der Waals surface area (Å²) in [5.41, 5.74) is 1.28. The molecule has 3 aromatic rings. The second-order valence-corrected chi connectivity index (χ2v) is 8.85. The summed E-state index contributed by atoms with van der Waals surface area (Å²) in [5, 5.41) is 19.6. The average molecular weight is 399 g/mol. The van der Waals surface area contributed by atoms with Crippen LogP contribution in [0.3, 0.4) is 0 Å². The number of aromatic nitrogens is 1. The summed E-state index contributed by atoms with van der Waals surface area (Å²) in [6.45, 7) is 5.20. The van der Waals surface area contributed by atoms with Gasteiger partial charge in [-0.15, -0.1) is 0 Å². The Balaban J connectivity index is 1.87. The van der Waals surface area contributed by atoms with Crippen LogP contribution in [0.1, 0.15) is 25.0 Å². The molecule has 0 unspecified atom stereocenters. The van der Waals surface area contributed by atoms with Gasteiger partial charge in [-0.05, 0) is 56.7 Å². The van der Waals surface area contributed by atoms with Gasteiger partial charge in [0.1, 0.15) is 18.4 Å². The first kappa shape index (κ1) is 19.7. The molecule has 3 N–H and O–H groups in total. The van der Waals surface area contributed by atoms with E-state index in [1.54, 1.807) is 32.2 Å². The van der Waals surface area contributed by atoms with Gasteiger partial charge < -0.3 is 14.8 Å². The van der Waals surface area contributed by atoms with Crippen LogP contribution in [-0.2, 0) is 10.0 Å². The molecule has 2 aromatic carbocycles. The lowest BCUT2D eigenvalue weighted by molar-refractivity contribution is 0.0284. The number of aromatic amines is 1. The van der Waals surface area contributed by atoms with E-state index >= 15 is 0 Å². The Hall–Kier alpha value is -3.02. The van der Waals surface area contributed by atoms with Crippen molar-refractivity contribution in [3.05, 3.63) is 53.7 Å². The second kappa shape index (κ2) is 7.19. The maximum Gasteiger partial charge on any atom is 0.261 e. The van der Waals surface area contributed by atoms with Crippen LogP contribution in [0.2, 0.25) is 0 Å². The molecule has 0 fully saturated rings. The van der Waals surface area contributed by atoms with Gasteiger partial charge in [0.25, 0.3) is 10.0 Å². The number of aryl methyl sites for hydroxylation is 1. The first-order valence-corrected chi connectivity index (χ1v) is 10.1. The number of ether oxygens (including phenoxy) is 1. The summed E-state index contributed by atoms with van der Waals surface area (Å²) >= 11 is 0. The van der Waals surface area contributed by atoms with Gasteiger partial charge in [-0.25, -0.2) is 8.42 Å². The zero-order chi connectivity index (χ0) is 20.5. The van der Waals surface area contributed by atoms with E-state index in [0.717, 1.165) is 5.56 Å². The predicted octanol–water partition coefficient (Wildman–Crippen LogP) is 3.30. The van der Waals surface area contributed by atoms with Gasteiger partial charge in [0.05, 0.1) is 27.3 Å². The maximum absolute atomic E-state index is 12.8. The van der Waals surface area contributed by atoms with E-state index in [1.807, 2.05) is 6.92 Å². The monoisotopic (exact) mass is 399 g/mol. The number of H-pyrrole nitrogens is 1. The van der Waals surface area contributed by atoms with Gasteiger partial charge in [-0.3, -0.25) is 4.72 Å². The third kappa shape index (κ3) is 4.11. The van der Waals surface area contributed by atoms with Crippen LogP contribution >= 0.6 is 0 Å². The Labute approximate surface area is 163 Å². The van der Waals surface area contributed by atoms with Crippen molar-refractivity contribution in [3.63, 3.8) is 0 Å². The fraction of sp³-hybridized carbons (Fsp3) is 0.250. The third-order valence-electron chi connectivity index (χ3n) is 4.13. The topological polar surface area (TPSA) is 115 Å². The molecule has 0 bridgehead atoms. The zero-order valence-corrected chi connectivity index (χ0v) is 16.6. The largest absolute Gasteiger partial charge is 0.491 e. The predicted molar refractivity (Wildman–Crippen MR) is 107 cm³/mol. The van der Waals surface area contributed by atoms with Crippen molar-refractivity contribution < 1.29 is 18.3 Å². The molecule has 0 aliphatic carbocycles. The normalized spacial score (nSPS) is 12.0. The van der Waals surface area contributed by atoms with Gasteiger partial charge >= 0.3 is 0 Å². The highest BCUT2D eigenvalue weighted by atomic mass is 32.2. The van der Waals surface area contributed by atoms with Crippen LogP contribution < -0.4 is 9.46 Å². The van der Waals surface area contributed by atoms with Crippen molar-refractivity contribution in [3.8, 4) is 11.8 Å². The molecule has 8 heteroatoms. The van der Waals surface area contributed by atoms with E-state index in [1.165, 1.54) is 24.3 Å². The van der Waals surface area contributed by atoms with Crippen molar-refractivity contribution in [1.29, 1.82) is 5.26 Å². The van der Waals surface area contributed by atoms with E-state index in [-0.39, 0.29) is 11.5 Å². The highest BCUT2D eigenvalue weighted by Gasteiger charge is 2.18. The molecule has 0 saturated heterocycles. The lowest BCUT2D eigenvalue weighted by Gasteiger charge is -2.18. The van der Waals surface area contributed by atoms with Gasteiger partial charge in [0, 0.05) is 11.6 Å². The fourth-order valence-corrected chi connectivity index (χ4v) is 3.84. The van der Waals surface area contributed by atoms with Crippen molar-refractivity contribution in [2.24, 2.45) is 0 Å². The van der Waals surface area contributed by atoms with Gasteiger partial charge in [0.2, 0.25) is 0 Å². The highest BCUT2D eigenvalue weighted by Crippen LogP contribution is 2.30. The molecule has 1 aromatic heterocycles. The third-order valence-corrected chi connectivity index (χ3v) is 5.52. The number of nitrogens with one attached hydrogen (secondary N) is 2. The van der Waals surface area contributed by atoms with Gasteiger partial charge in [-0.1, -0.05) is 6.07 Å².